The number of benzene rings is 2. The Bertz CT molecular complexity index is 1020. The van der Waals surface area contributed by atoms with Gasteiger partial charge in [0.25, 0.3) is 0 Å². The normalized spacial score (nSPS) is 12.0. The Hall–Kier alpha value is -4.25. The molecule has 11 heteroatoms. The van der Waals surface area contributed by atoms with Gasteiger partial charge in [-0.15, -0.1) is 0 Å². The minimum atomic E-state index is -1.22. The summed E-state index contributed by atoms with van der Waals surface area (Å²) in [5, 5.41) is 18.1. The Morgan fingerprint density at radius 2 is 1.20 bits per heavy atom. The molecule has 0 aromatic heterocycles. The second kappa shape index (κ2) is 14.1. The van der Waals surface area contributed by atoms with Gasteiger partial charge >= 0.3 is 5.97 Å². The molecule has 2 atom stereocenters. The summed E-state index contributed by atoms with van der Waals surface area (Å²) in [5.74, 6) is -3.67. The van der Waals surface area contributed by atoms with Crippen LogP contribution < -0.4 is 27.0 Å². The van der Waals surface area contributed by atoms with Gasteiger partial charge in [0.05, 0.1) is 19.1 Å². The fourth-order valence-electron chi connectivity index (χ4n) is 3.09. The van der Waals surface area contributed by atoms with Gasteiger partial charge in [0, 0.05) is 6.42 Å². The Morgan fingerprint density at radius 3 is 1.77 bits per heavy atom. The largest absolute Gasteiger partial charge is 0.480 e. The number of rotatable bonds is 13. The van der Waals surface area contributed by atoms with Crippen LogP contribution in [0, 0.1) is 0 Å². The summed E-state index contributed by atoms with van der Waals surface area (Å²) >= 11 is 0. The van der Waals surface area contributed by atoms with Crippen molar-refractivity contribution in [3.63, 3.8) is 0 Å². The van der Waals surface area contributed by atoms with Crippen LogP contribution in [0.4, 0.5) is 0 Å². The number of carbonyl (C=O) groups is 5. The minimum absolute atomic E-state index is 0.136. The van der Waals surface area contributed by atoms with Crippen LogP contribution in [-0.4, -0.2) is 66.4 Å². The maximum atomic E-state index is 12.6. The van der Waals surface area contributed by atoms with Crippen molar-refractivity contribution in [2.24, 2.45) is 5.73 Å². The van der Waals surface area contributed by atoms with Crippen molar-refractivity contribution in [1.82, 2.24) is 21.3 Å². The first-order chi connectivity index (χ1) is 16.7. The third-order valence-corrected chi connectivity index (χ3v) is 4.85. The summed E-state index contributed by atoms with van der Waals surface area (Å²) in [6.07, 6.45) is 0.438. The monoisotopic (exact) mass is 483 g/mol. The van der Waals surface area contributed by atoms with E-state index in [0.29, 0.717) is 6.42 Å². The molecule has 35 heavy (non-hydrogen) atoms. The van der Waals surface area contributed by atoms with E-state index in [1.807, 2.05) is 30.3 Å². The summed E-state index contributed by atoms with van der Waals surface area (Å²) in [4.78, 5) is 59.6. The van der Waals surface area contributed by atoms with Crippen molar-refractivity contribution in [3.8, 4) is 0 Å². The highest BCUT2D eigenvalue weighted by molar-refractivity contribution is 5.93. The van der Waals surface area contributed by atoms with E-state index >= 15 is 0 Å². The highest BCUT2D eigenvalue weighted by Crippen LogP contribution is 2.04. The van der Waals surface area contributed by atoms with Crippen LogP contribution in [0.3, 0.4) is 0 Å². The lowest BCUT2D eigenvalue weighted by Crippen LogP contribution is -2.53. The van der Waals surface area contributed by atoms with Gasteiger partial charge in [-0.05, 0) is 17.5 Å². The molecule has 0 radical (unpaired) electrons. The molecule has 0 fully saturated rings. The molecule has 0 saturated heterocycles. The van der Waals surface area contributed by atoms with Crippen LogP contribution in [-0.2, 0) is 36.8 Å². The van der Waals surface area contributed by atoms with Gasteiger partial charge in [-0.1, -0.05) is 60.7 Å². The molecule has 0 unspecified atom stereocenters. The van der Waals surface area contributed by atoms with E-state index in [1.54, 1.807) is 30.3 Å². The number of nitrogens with two attached hydrogens (primary N) is 1. The van der Waals surface area contributed by atoms with E-state index in [-0.39, 0.29) is 13.0 Å². The van der Waals surface area contributed by atoms with Gasteiger partial charge in [-0.25, -0.2) is 0 Å². The average Bonchev–Trinajstić information content (AvgIpc) is 2.85. The van der Waals surface area contributed by atoms with E-state index < -0.39 is 54.8 Å². The van der Waals surface area contributed by atoms with Crippen molar-refractivity contribution in [2.75, 3.05) is 19.6 Å². The average molecular weight is 484 g/mol. The highest BCUT2D eigenvalue weighted by atomic mass is 16.4. The van der Waals surface area contributed by atoms with Crippen molar-refractivity contribution in [2.45, 2.75) is 24.9 Å². The lowest BCUT2D eigenvalue weighted by Gasteiger charge is -2.19. The molecule has 0 bridgehead atoms. The maximum Gasteiger partial charge on any atom is 0.322 e. The molecule has 0 spiro atoms. The molecule has 2 aromatic carbocycles. The molecular formula is C24H29N5O6. The standard InChI is InChI=1S/C24H29N5O6/c25-18(11-16-7-3-1-4-8-16)23(34)27-14-21(31)29-19(12-17-9-5-2-6-10-17)24(35)28-13-20(30)26-15-22(32)33/h1-10,18-19H,11-15,25H2,(H,26,30)(H,27,34)(H,28,35)(H,29,31)(H,32,33)/t18-,19-/m0/s1. The smallest absolute Gasteiger partial charge is 0.322 e. The van der Waals surface area contributed by atoms with Gasteiger partial charge in [-0.3, -0.25) is 24.0 Å². The fraction of sp³-hybridized carbons (Fsp3) is 0.292. The molecule has 7 N–H and O–H groups in total. The van der Waals surface area contributed by atoms with Crippen LogP contribution in [0.1, 0.15) is 11.1 Å². The first-order valence-corrected chi connectivity index (χ1v) is 10.9. The van der Waals surface area contributed by atoms with E-state index in [2.05, 4.69) is 21.3 Å². The Kier molecular flexibility index (Phi) is 10.9. The van der Waals surface area contributed by atoms with Crippen LogP contribution in [0.15, 0.2) is 60.7 Å². The van der Waals surface area contributed by atoms with E-state index in [1.165, 1.54) is 0 Å². The predicted octanol–water partition coefficient (Wildman–Crippen LogP) is -1.28. The van der Waals surface area contributed by atoms with E-state index in [9.17, 15) is 24.0 Å². The fourth-order valence-corrected chi connectivity index (χ4v) is 3.09. The molecule has 2 rings (SSSR count). The van der Waals surface area contributed by atoms with Crippen molar-refractivity contribution < 1.29 is 29.1 Å². The second-order valence-corrected chi connectivity index (χ2v) is 7.71. The zero-order valence-electron chi connectivity index (χ0n) is 19.0. The SMILES string of the molecule is N[C@@H](Cc1ccccc1)C(=O)NCC(=O)N[C@@H](Cc1ccccc1)C(=O)NCC(=O)NCC(=O)O. The van der Waals surface area contributed by atoms with E-state index in [0.717, 1.165) is 11.1 Å². The molecular weight excluding hydrogens is 454 g/mol. The number of amides is 4. The summed E-state index contributed by atoms with van der Waals surface area (Å²) in [6, 6.07) is 16.2. The summed E-state index contributed by atoms with van der Waals surface area (Å²) in [5.41, 5.74) is 7.56. The van der Waals surface area contributed by atoms with Crippen molar-refractivity contribution in [1.29, 1.82) is 0 Å². The molecule has 0 aliphatic carbocycles. The number of aliphatic carboxylic acids is 1. The molecule has 0 aliphatic rings. The zero-order valence-corrected chi connectivity index (χ0v) is 19.0. The molecule has 2 aromatic rings. The van der Waals surface area contributed by atoms with E-state index in [4.69, 9.17) is 10.8 Å². The Morgan fingerprint density at radius 1 is 0.686 bits per heavy atom. The van der Waals surface area contributed by atoms with Crippen molar-refractivity contribution in [3.05, 3.63) is 71.8 Å². The van der Waals surface area contributed by atoms with Gasteiger partial charge in [0.1, 0.15) is 12.6 Å². The molecule has 0 aliphatic heterocycles. The lowest BCUT2D eigenvalue weighted by molar-refractivity contribution is -0.138. The number of hydrogen-bond donors (Lipinski definition) is 6. The summed E-state index contributed by atoms with van der Waals surface area (Å²) < 4.78 is 0. The number of carbonyl (C=O) groups excluding carboxylic acids is 4. The third kappa shape index (κ3) is 10.5. The van der Waals surface area contributed by atoms with Gasteiger partial charge in [0.2, 0.25) is 23.6 Å². The first-order valence-electron chi connectivity index (χ1n) is 10.9. The topological polar surface area (TPSA) is 180 Å². The number of carboxylic acid groups (broad SMARTS) is 1. The summed E-state index contributed by atoms with van der Waals surface area (Å²) in [7, 11) is 0. The molecule has 0 heterocycles. The van der Waals surface area contributed by atoms with Crippen LogP contribution in [0.25, 0.3) is 0 Å². The highest BCUT2D eigenvalue weighted by Gasteiger charge is 2.23. The third-order valence-electron chi connectivity index (χ3n) is 4.85. The Labute approximate surface area is 202 Å². The quantitative estimate of drug-likeness (QED) is 0.205. The number of nitrogens with one attached hydrogen (secondary N) is 4. The molecule has 0 saturated carbocycles. The number of carboxylic acids is 1. The Balaban J connectivity index is 1.90. The second-order valence-electron chi connectivity index (χ2n) is 7.71. The summed E-state index contributed by atoms with van der Waals surface area (Å²) in [6.45, 7) is -1.43. The van der Waals surface area contributed by atoms with Gasteiger partial charge < -0.3 is 32.1 Å². The van der Waals surface area contributed by atoms with Crippen LogP contribution in [0.2, 0.25) is 0 Å². The maximum absolute atomic E-state index is 12.6. The van der Waals surface area contributed by atoms with Crippen LogP contribution >= 0.6 is 0 Å². The van der Waals surface area contributed by atoms with Crippen LogP contribution in [0.5, 0.6) is 0 Å². The molecule has 11 nitrogen and oxygen atoms in total. The van der Waals surface area contributed by atoms with Gasteiger partial charge in [-0.2, -0.15) is 0 Å². The predicted molar refractivity (Wildman–Crippen MR) is 127 cm³/mol. The number of hydrogen-bond acceptors (Lipinski definition) is 6. The zero-order chi connectivity index (χ0) is 25.6. The van der Waals surface area contributed by atoms with Gasteiger partial charge in [0.15, 0.2) is 0 Å². The van der Waals surface area contributed by atoms with Crippen molar-refractivity contribution >= 4 is 29.6 Å². The molecule has 4 amide bonds. The minimum Gasteiger partial charge on any atom is -0.480 e. The first kappa shape index (κ1) is 27.0. The molecule has 186 valence electrons. The lowest BCUT2D eigenvalue weighted by atomic mass is 10.1.